The molecule has 7 nitrogen and oxygen atoms in total. The molecule has 1 aliphatic heterocycles. The van der Waals surface area contributed by atoms with E-state index in [9.17, 15) is 9.59 Å². The van der Waals surface area contributed by atoms with Gasteiger partial charge in [-0.05, 0) is 48.9 Å². The van der Waals surface area contributed by atoms with Crippen LogP contribution in [0.15, 0.2) is 30.4 Å². The number of nitrogens with zero attached hydrogens (tertiary/aromatic N) is 3. The number of nitriles is 1. The van der Waals surface area contributed by atoms with Crippen LogP contribution in [0.5, 0.6) is 0 Å². The predicted molar refractivity (Wildman–Crippen MR) is 111 cm³/mol. The Morgan fingerprint density at radius 1 is 0.966 bits per heavy atom. The minimum Gasteiger partial charge on any atom is -0.478 e. The van der Waals surface area contributed by atoms with Crippen molar-refractivity contribution in [1.29, 1.82) is 5.26 Å². The van der Waals surface area contributed by atoms with Gasteiger partial charge in [-0.25, -0.2) is 9.59 Å². The van der Waals surface area contributed by atoms with E-state index in [4.69, 9.17) is 15.5 Å². The molecule has 0 aromatic heterocycles. The molecule has 0 atom stereocenters. The number of anilines is 1. The highest BCUT2D eigenvalue weighted by Gasteiger charge is 2.18. The molecule has 0 bridgehead atoms. The van der Waals surface area contributed by atoms with Gasteiger partial charge >= 0.3 is 11.9 Å². The standard InChI is InChI=1S/C18H25N3.C4H4O4/c19-9-4-10-20-11-13-21(14-12-20)18-8-7-16-5-2-1-3-6-17(16)15-18;5-3(6)1-2-4(7)8/h7-8,15H,1-6,10-14H2;1-2H,(H,5,6)(H,7,8)/b;2-1-. The summed E-state index contributed by atoms with van der Waals surface area (Å²) in [6.07, 6.45) is 8.36. The zero-order chi connectivity index (χ0) is 21.1. The third-order valence-corrected chi connectivity index (χ3v) is 5.23. The first-order valence-corrected chi connectivity index (χ1v) is 10.1. The number of carbonyl (C=O) groups is 2. The van der Waals surface area contributed by atoms with E-state index in [1.54, 1.807) is 11.1 Å². The maximum absolute atomic E-state index is 9.55. The van der Waals surface area contributed by atoms with Crippen molar-refractivity contribution in [1.82, 2.24) is 4.90 Å². The van der Waals surface area contributed by atoms with E-state index in [0.29, 0.717) is 18.6 Å². The van der Waals surface area contributed by atoms with Crippen molar-refractivity contribution in [2.24, 2.45) is 0 Å². The lowest BCUT2D eigenvalue weighted by atomic mass is 10.0. The molecule has 1 saturated heterocycles. The molecule has 0 unspecified atom stereocenters. The minimum absolute atomic E-state index is 0.558. The van der Waals surface area contributed by atoms with Crippen LogP contribution >= 0.6 is 0 Å². The number of aliphatic carboxylic acids is 2. The van der Waals surface area contributed by atoms with Gasteiger partial charge in [0.2, 0.25) is 0 Å². The van der Waals surface area contributed by atoms with Crippen LogP contribution in [0.2, 0.25) is 0 Å². The molecule has 1 aliphatic carbocycles. The first kappa shape index (κ1) is 22.4. The van der Waals surface area contributed by atoms with Gasteiger partial charge in [-0.2, -0.15) is 5.26 Å². The van der Waals surface area contributed by atoms with Gasteiger partial charge in [0.15, 0.2) is 0 Å². The maximum Gasteiger partial charge on any atom is 0.328 e. The Morgan fingerprint density at radius 3 is 2.17 bits per heavy atom. The van der Waals surface area contributed by atoms with Crippen molar-refractivity contribution in [3.8, 4) is 6.07 Å². The molecule has 0 spiro atoms. The Morgan fingerprint density at radius 2 is 1.59 bits per heavy atom. The number of rotatable bonds is 5. The molecule has 29 heavy (non-hydrogen) atoms. The van der Waals surface area contributed by atoms with Crippen LogP contribution in [0.25, 0.3) is 0 Å². The van der Waals surface area contributed by atoms with Crippen molar-refractivity contribution in [3.63, 3.8) is 0 Å². The van der Waals surface area contributed by atoms with Crippen molar-refractivity contribution in [2.45, 2.75) is 38.5 Å². The van der Waals surface area contributed by atoms with E-state index < -0.39 is 11.9 Å². The summed E-state index contributed by atoms with van der Waals surface area (Å²) >= 11 is 0. The largest absolute Gasteiger partial charge is 0.478 e. The van der Waals surface area contributed by atoms with Crippen LogP contribution in [-0.2, 0) is 22.4 Å². The predicted octanol–water partition coefficient (Wildman–Crippen LogP) is 2.70. The third kappa shape index (κ3) is 7.96. The van der Waals surface area contributed by atoms with Crippen molar-refractivity contribution in [2.75, 3.05) is 37.6 Å². The zero-order valence-corrected chi connectivity index (χ0v) is 16.7. The first-order valence-electron chi connectivity index (χ1n) is 10.1. The average Bonchev–Trinajstić information content (AvgIpc) is 2.96. The number of aryl methyl sites for hydroxylation is 2. The zero-order valence-electron chi connectivity index (χ0n) is 16.7. The molecular formula is C22H29N3O4. The lowest BCUT2D eigenvalue weighted by molar-refractivity contribution is -0.134. The SMILES string of the molecule is N#CCCN1CCN(c2ccc3c(c2)CCCCC3)CC1.O=C(O)/C=C\C(=O)O. The molecule has 1 fully saturated rings. The maximum atomic E-state index is 9.55. The Balaban J connectivity index is 0.000000321. The third-order valence-electron chi connectivity index (χ3n) is 5.23. The second-order valence-electron chi connectivity index (χ2n) is 7.26. The molecule has 1 aromatic rings. The molecule has 3 rings (SSSR count). The van der Waals surface area contributed by atoms with Crippen LogP contribution in [0, 0.1) is 11.3 Å². The van der Waals surface area contributed by atoms with Crippen molar-refractivity contribution >= 4 is 17.6 Å². The van der Waals surface area contributed by atoms with Gasteiger partial charge in [0.1, 0.15) is 0 Å². The Bertz CT molecular complexity index is 746. The van der Waals surface area contributed by atoms with E-state index in [1.165, 1.54) is 37.8 Å². The van der Waals surface area contributed by atoms with Crippen LogP contribution in [0.1, 0.15) is 36.8 Å². The summed E-state index contributed by atoms with van der Waals surface area (Å²) in [5.74, 6) is -2.51. The number of carboxylic acids is 2. The number of benzene rings is 1. The molecule has 7 heteroatoms. The highest BCUT2D eigenvalue weighted by atomic mass is 16.4. The summed E-state index contributed by atoms with van der Waals surface area (Å²) in [4.78, 5) is 24.0. The summed E-state index contributed by atoms with van der Waals surface area (Å²) in [5, 5.41) is 24.3. The van der Waals surface area contributed by atoms with Gasteiger partial charge in [0.05, 0.1) is 6.07 Å². The second kappa shape index (κ2) is 11.9. The normalized spacial score (nSPS) is 16.9. The van der Waals surface area contributed by atoms with Crippen LogP contribution in [-0.4, -0.2) is 59.8 Å². The average molecular weight is 399 g/mol. The van der Waals surface area contributed by atoms with Crippen LogP contribution < -0.4 is 4.90 Å². The van der Waals surface area contributed by atoms with Gasteiger partial charge in [0, 0.05) is 57.0 Å². The monoisotopic (exact) mass is 399 g/mol. The van der Waals surface area contributed by atoms with Crippen LogP contribution in [0.3, 0.4) is 0 Å². The number of carboxylic acid groups (broad SMARTS) is 2. The molecule has 0 radical (unpaired) electrons. The van der Waals surface area contributed by atoms with E-state index in [2.05, 4.69) is 34.1 Å². The van der Waals surface area contributed by atoms with E-state index in [0.717, 1.165) is 32.7 Å². The fourth-order valence-corrected chi connectivity index (χ4v) is 3.67. The molecule has 1 aromatic carbocycles. The van der Waals surface area contributed by atoms with Gasteiger partial charge in [0.25, 0.3) is 0 Å². The van der Waals surface area contributed by atoms with Gasteiger partial charge < -0.3 is 15.1 Å². The molecule has 2 N–H and O–H groups in total. The summed E-state index contributed by atoms with van der Waals surface area (Å²) in [5.41, 5.74) is 4.55. The van der Waals surface area contributed by atoms with Gasteiger partial charge in [-0.3, -0.25) is 4.90 Å². The molecule has 0 saturated carbocycles. The molecule has 156 valence electrons. The van der Waals surface area contributed by atoms with Gasteiger partial charge in [-0.1, -0.05) is 12.5 Å². The van der Waals surface area contributed by atoms with Crippen molar-refractivity contribution < 1.29 is 19.8 Å². The van der Waals surface area contributed by atoms with E-state index in [-0.39, 0.29) is 0 Å². The highest BCUT2D eigenvalue weighted by Crippen LogP contribution is 2.26. The molecule has 2 aliphatic rings. The summed E-state index contributed by atoms with van der Waals surface area (Å²) < 4.78 is 0. The summed E-state index contributed by atoms with van der Waals surface area (Å²) in [6.45, 7) is 5.26. The highest BCUT2D eigenvalue weighted by molar-refractivity contribution is 5.89. The minimum atomic E-state index is -1.26. The number of piperazine rings is 1. The Labute approximate surface area is 171 Å². The first-order chi connectivity index (χ1) is 14.0. The summed E-state index contributed by atoms with van der Waals surface area (Å²) in [7, 11) is 0. The smallest absolute Gasteiger partial charge is 0.328 e. The molecule has 1 heterocycles. The number of fused-ring (bicyclic) bond motifs is 1. The van der Waals surface area contributed by atoms with Gasteiger partial charge in [-0.15, -0.1) is 0 Å². The Hall–Kier alpha value is -2.85. The molecule has 0 amide bonds. The number of hydrogen-bond acceptors (Lipinski definition) is 5. The Kier molecular flexibility index (Phi) is 9.19. The molecular weight excluding hydrogens is 370 g/mol. The fourth-order valence-electron chi connectivity index (χ4n) is 3.67. The second-order valence-corrected chi connectivity index (χ2v) is 7.26. The fraction of sp³-hybridized carbons (Fsp3) is 0.500. The summed E-state index contributed by atoms with van der Waals surface area (Å²) in [6, 6.07) is 9.35. The lowest BCUT2D eigenvalue weighted by Gasteiger charge is -2.36. The van der Waals surface area contributed by atoms with Crippen LogP contribution in [0.4, 0.5) is 5.69 Å². The van der Waals surface area contributed by atoms with E-state index >= 15 is 0 Å². The van der Waals surface area contributed by atoms with Crippen molar-refractivity contribution in [3.05, 3.63) is 41.5 Å². The van der Waals surface area contributed by atoms with E-state index in [1.807, 2.05) is 0 Å². The number of hydrogen-bond donors (Lipinski definition) is 2. The topological polar surface area (TPSA) is 105 Å². The lowest BCUT2D eigenvalue weighted by Crippen LogP contribution is -2.46. The quantitative estimate of drug-likeness (QED) is 0.579.